The van der Waals surface area contributed by atoms with Crippen LogP contribution in [0.4, 0.5) is 0 Å². The fourth-order valence-electron chi connectivity index (χ4n) is 5.21. The Morgan fingerprint density at radius 2 is 2.12 bits per heavy atom. The normalized spacial score (nSPS) is 49.2. The SMILES string of the molecule is C/C=C\C(=O)OC1CC2O[C@@H]3C=C(C)C(=O)C[C@]3(C)[C@]1(C)C21CO1. The molecule has 3 fully saturated rings. The van der Waals surface area contributed by atoms with Gasteiger partial charge in [0, 0.05) is 29.7 Å². The topological polar surface area (TPSA) is 65.1 Å². The van der Waals surface area contributed by atoms with Crippen LogP contribution in [0.1, 0.15) is 40.5 Å². The minimum atomic E-state index is -0.450. The van der Waals surface area contributed by atoms with Crippen molar-refractivity contribution < 1.29 is 23.8 Å². The number of rotatable bonds is 2. The van der Waals surface area contributed by atoms with Gasteiger partial charge in [-0.1, -0.05) is 19.9 Å². The van der Waals surface area contributed by atoms with E-state index in [1.807, 2.05) is 13.0 Å². The molecule has 1 saturated carbocycles. The van der Waals surface area contributed by atoms with Crippen molar-refractivity contribution in [2.24, 2.45) is 10.8 Å². The molecule has 5 heteroatoms. The first kappa shape index (κ1) is 16.0. The largest absolute Gasteiger partial charge is 0.458 e. The summed E-state index contributed by atoms with van der Waals surface area (Å²) in [4.78, 5) is 24.5. The molecule has 1 spiro atoms. The van der Waals surface area contributed by atoms with Gasteiger partial charge in [-0.25, -0.2) is 4.79 Å². The maximum atomic E-state index is 12.5. The number of carbonyl (C=O) groups excluding carboxylic acids is 2. The Morgan fingerprint density at radius 3 is 2.75 bits per heavy atom. The second-order valence-electron chi connectivity index (χ2n) is 7.95. The lowest BCUT2D eigenvalue weighted by atomic mass is 9.52. The first-order chi connectivity index (χ1) is 11.3. The Balaban J connectivity index is 1.78. The van der Waals surface area contributed by atoms with Crippen molar-refractivity contribution in [1.82, 2.24) is 0 Å². The van der Waals surface area contributed by atoms with Gasteiger partial charge in [-0.2, -0.15) is 0 Å². The lowest BCUT2D eigenvalue weighted by Gasteiger charge is -2.56. The summed E-state index contributed by atoms with van der Waals surface area (Å²) in [5.41, 5.74) is -0.569. The van der Waals surface area contributed by atoms with Crippen LogP contribution in [0.3, 0.4) is 0 Å². The van der Waals surface area contributed by atoms with Crippen LogP contribution in [-0.4, -0.2) is 42.3 Å². The van der Waals surface area contributed by atoms with Crippen molar-refractivity contribution in [3.63, 3.8) is 0 Å². The average molecular weight is 332 g/mol. The monoisotopic (exact) mass is 332 g/mol. The minimum absolute atomic E-state index is 0.0961. The standard InChI is InChI=1S/C19H24O5/c1-5-6-16(21)24-14-8-15-19(10-22-19)18(14,4)17(3)9-12(20)11(2)7-13(17)23-15/h5-7,13-15H,8-10H2,1-4H3/b6-5-/t13-,14?,15?,17+,18-,19?/m1/s1. The number of allylic oxidation sites excluding steroid dienone is 2. The number of hydrogen-bond acceptors (Lipinski definition) is 5. The lowest BCUT2D eigenvalue weighted by Crippen LogP contribution is -2.64. The molecule has 0 aromatic heterocycles. The molecule has 24 heavy (non-hydrogen) atoms. The van der Waals surface area contributed by atoms with Crippen LogP contribution in [0.15, 0.2) is 23.8 Å². The van der Waals surface area contributed by atoms with E-state index in [1.165, 1.54) is 6.08 Å². The zero-order chi connectivity index (χ0) is 17.3. The van der Waals surface area contributed by atoms with Gasteiger partial charge in [0.2, 0.25) is 0 Å². The van der Waals surface area contributed by atoms with Crippen LogP contribution in [0.2, 0.25) is 0 Å². The highest BCUT2D eigenvalue weighted by Crippen LogP contribution is 2.71. The first-order valence-corrected chi connectivity index (χ1v) is 8.63. The molecule has 2 saturated heterocycles. The van der Waals surface area contributed by atoms with Gasteiger partial charge in [-0.05, 0) is 25.5 Å². The molecule has 3 unspecified atom stereocenters. The van der Waals surface area contributed by atoms with Gasteiger partial charge in [-0.15, -0.1) is 0 Å². The molecule has 130 valence electrons. The quantitative estimate of drug-likeness (QED) is 0.441. The average Bonchev–Trinajstić information content (AvgIpc) is 3.27. The molecular weight excluding hydrogens is 308 g/mol. The van der Waals surface area contributed by atoms with Gasteiger partial charge >= 0.3 is 5.97 Å². The van der Waals surface area contributed by atoms with Crippen molar-refractivity contribution in [2.45, 2.75) is 64.4 Å². The molecule has 0 amide bonds. The summed E-state index contributed by atoms with van der Waals surface area (Å²) in [7, 11) is 0. The Morgan fingerprint density at radius 1 is 1.42 bits per heavy atom. The summed E-state index contributed by atoms with van der Waals surface area (Å²) in [5.74, 6) is -0.209. The third-order valence-electron chi connectivity index (χ3n) is 6.98. The van der Waals surface area contributed by atoms with Crippen LogP contribution in [0.5, 0.6) is 0 Å². The molecule has 0 N–H and O–H groups in total. The number of epoxide rings is 1. The minimum Gasteiger partial charge on any atom is -0.458 e. The molecule has 4 rings (SSSR count). The van der Waals surface area contributed by atoms with E-state index in [1.54, 1.807) is 13.0 Å². The van der Waals surface area contributed by atoms with E-state index in [-0.39, 0.29) is 30.1 Å². The highest BCUT2D eigenvalue weighted by Gasteiger charge is 2.82. The smallest absolute Gasteiger partial charge is 0.330 e. The van der Waals surface area contributed by atoms with Crippen molar-refractivity contribution in [3.8, 4) is 0 Å². The number of ether oxygens (including phenoxy) is 3. The Bertz CT molecular complexity index is 673. The number of carbonyl (C=O) groups is 2. The Kier molecular flexibility index (Phi) is 3.20. The van der Waals surface area contributed by atoms with E-state index in [0.29, 0.717) is 19.4 Å². The Hall–Kier alpha value is -1.46. The molecule has 2 heterocycles. The molecule has 4 aliphatic rings. The molecule has 2 aliphatic carbocycles. The van der Waals surface area contributed by atoms with Crippen LogP contribution >= 0.6 is 0 Å². The number of esters is 1. The lowest BCUT2D eigenvalue weighted by molar-refractivity contribution is -0.208. The van der Waals surface area contributed by atoms with Crippen LogP contribution in [0.25, 0.3) is 0 Å². The zero-order valence-electron chi connectivity index (χ0n) is 14.6. The van der Waals surface area contributed by atoms with Crippen LogP contribution in [-0.2, 0) is 23.8 Å². The van der Waals surface area contributed by atoms with Crippen molar-refractivity contribution in [1.29, 1.82) is 0 Å². The summed E-state index contributed by atoms with van der Waals surface area (Å²) in [5, 5.41) is 0. The van der Waals surface area contributed by atoms with Crippen molar-refractivity contribution in [3.05, 3.63) is 23.8 Å². The summed E-state index contributed by atoms with van der Waals surface area (Å²) in [6.45, 7) is 8.43. The van der Waals surface area contributed by atoms with Crippen molar-refractivity contribution >= 4 is 11.8 Å². The molecule has 0 aromatic carbocycles. The molecule has 6 atom stereocenters. The highest BCUT2D eigenvalue weighted by atomic mass is 16.6. The third-order valence-corrected chi connectivity index (χ3v) is 6.98. The third kappa shape index (κ3) is 1.72. The fourth-order valence-corrected chi connectivity index (χ4v) is 5.21. The van der Waals surface area contributed by atoms with Gasteiger partial charge in [0.05, 0.1) is 18.8 Å². The van der Waals surface area contributed by atoms with E-state index in [9.17, 15) is 9.59 Å². The van der Waals surface area contributed by atoms with E-state index in [0.717, 1.165) is 5.57 Å². The summed E-state index contributed by atoms with van der Waals surface area (Å²) in [6.07, 6.45) is 5.51. The molecule has 2 aliphatic heterocycles. The zero-order valence-corrected chi connectivity index (χ0v) is 14.6. The second kappa shape index (κ2) is 4.79. The van der Waals surface area contributed by atoms with Crippen LogP contribution < -0.4 is 0 Å². The van der Waals surface area contributed by atoms with Crippen molar-refractivity contribution in [2.75, 3.05) is 6.61 Å². The molecule has 0 radical (unpaired) electrons. The number of Topliss-reactive ketones (excluding diaryl/α,β-unsaturated/α-hetero) is 1. The fraction of sp³-hybridized carbons (Fsp3) is 0.684. The predicted octanol–water partition coefficient (Wildman–Crippen LogP) is 2.35. The number of hydrogen-bond donors (Lipinski definition) is 0. The molecule has 5 nitrogen and oxygen atoms in total. The molecular formula is C19H24O5. The van der Waals surface area contributed by atoms with Crippen LogP contribution in [0, 0.1) is 10.8 Å². The van der Waals surface area contributed by atoms with E-state index in [4.69, 9.17) is 14.2 Å². The Labute approximate surface area is 142 Å². The summed E-state index contributed by atoms with van der Waals surface area (Å²) < 4.78 is 18.1. The number of ketones is 1. The first-order valence-electron chi connectivity index (χ1n) is 8.63. The molecule has 2 bridgehead atoms. The van der Waals surface area contributed by atoms with E-state index in [2.05, 4.69) is 13.8 Å². The predicted molar refractivity (Wildman–Crippen MR) is 86.3 cm³/mol. The second-order valence-corrected chi connectivity index (χ2v) is 7.95. The van der Waals surface area contributed by atoms with Gasteiger partial charge in [0.25, 0.3) is 0 Å². The summed E-state index contributed by atoms with van der Waals surface area (Å²) in [6, 6.07) is 0. The maximum absolute atomic E-state index is 12.5. The summed E-state index contributed by atoms with van der Waals surface area (Å²) >= 11 is 0. The van der Waals surface area contributed by atoms with E-state index >= 15 is 0 Å². The molecule has 0 aromatic rings. The van der Waals surface area contributed by atoms with Gasteiger partial charge in [0.1, 0.15) is 11.7 Å². The van der Waals surface area contributed by atoms with Gasteiger partial charge < -0.3 is 14.2 Å². The maximum Gasteiger partial charge on any atom is 0.330 e. The van der Waals surface area contributed by atoms with Gasteiger partial charge in [0.15, 0.2) is 5.78 Å². The highest BCUT2D eigenvalue weighted by molar-refractivity contribution is 5.96. The van der Waals surface area contributed by atoms with E-state index < -0.39 is 16.4 Å². The number of fused-ring (bicyclic) bond motifs is 2. The van der Waals surface area contributed by atoms with Gasteiger partial charge in [-0.3, -0.25) is 4.79 Å².